The summed E-state index contributed by atoms with van der Waals surface area (Å²) in [6.07, 6.45) is 1.76. The second-order valence-electron chi connectivity index (χ2n) is 8.56. The van der Waals surface area contributed by atoms with Crippen molar-refractivity contribution in [1.29, 1.82) is 0 Å². The molecule has 37 heavy (non-hydrogen) atoms. The van der Waals surface area contributed by atoms with E-state index in [9.17, 15) is 9.32 Å². The molecule has 0 fully saturated rings. The number of phenols is 1. The van der Waals surface area contributed by atoms with E-state index in [1.807, 2.05) is 89.5 Å². The quantitative estimate of drug-likeness (QED) is 0.170. The van der Waals surface area contributed by atoms with E-state index in [1.165, 1.54) is 0 Å². The minimum Gasteiger partial charge on any atom is -0.505 e. The third-order valence-corrected chi connectivity index (χ3v) is 7.72. The molecule has 0 aliphatic rings. The number of aromatic hydroxyl groups is 1. The Morgan fingerprint density at radius 3 is 2.41 bits per heavy atom. The number of hydrogen-bond donors (Lipinski definition) is 1. The van der Waals surface area contributed by atoms with Crippen molar-refractivity contribution in [2.75, 3.05) is 0 Å². The van der Waals surface area contributed by atoms with Crippen molar-refractivity contribution < 1.29 is 30.4 Å². The number of aromatic nitrogens is 3. The van der Waals surface area contributed by atoms with Gasteiger partial charge in [-0.05, 0) is 47.2 Å². The molecule has 7 rings (SSSR count). The van der Waals surface area contributed by atoms with E-state index in [0.29, 0.717) is 20.8 Å². The molecule has 3 aromatic heterocycles. The number of hydrogen-bond acceptors (Lipinski definition) is 4. The van der Waals surface area contributed by atoms with Gasteiger partial charge in [0.15, 0.2) is 0 Å². The second-order valence-corrected chi connectivity index (χ2v) is 9.96. The minimum absolute atomic E-state index is 0. The number of fused-ring (bicyclic) bond motifs is 5. The zero-order valence-corrected chi connectivity index (χ0v) is 22.3. The fourth-order valence-corrected chi connectivity index (χ4v) is 5.79. The predicted octanol–water partition coefficient (Wildman–Crippen LogP) is 6.55. The van der Waals surface area contributed by atoms with E-state index in [1.54, 1.807) is 12.3 Å². The number of phenolic OH excluding ortho intramolecular Hbond substituents is 1. The maximum absolute atomic E-state index is 13.7. The van der Waals surface area contributed by atoms with Gasteiger partial charge in [-0.1, -0.05) is 58.9 Å². The van der Waals surface area contributed by atoms with Crippen LogP contribution in [0.4, 0.5) is 0 Å². The minimum atomic E-state index is -1.60. The van der Waals surface area contributed by atoms with Crippen LogP contribution in [0.1, 0.15) is 0 Å². The zero-order chi connectivity index (χ0) is 24.2. The first-order valence-electron chi connectivity index (χ1n) is 11.5. The van der Waals surface area contributed by atoms with Gasteiger partial charge in [0.05, 0.1) is 10.8 Å². The SMILES string of the molecule is O=S(c1[c-]c2c(cc1)c1ccccc1n2-c1ccccn1)c1ccc2cc3ccccc3c(O)c2n1.[Pt]. The first-order valence-corrected chi connectivity index (χ1v) is 12.6. The fraction of sp³-hybridized carbons (Fsp3) is 0. The van der Waals surface area contributed by atoms with Crippen LogP contribution in [0.15, 0.2) is 113 Å². The molecular weight excluding hydrogens is 661 g/mol. The summed E-state index contributed by atoms with van der Waals surface area (Å²) in [5, 5.41) is 15.8. The van der Waals surface area contributed by atoms with Gasteiger partial charge >= 0.3 is 0 Å². The average Bonchev–Trinajstić information content (AvgIpc) is 3.27. The van der Waals surface area contributed by atoms with Crippen molar-refractivity contribution in [2.24, 2.45) is 0 Å². The third-order valence-electron chi connectivity index (χ3n) is 6.48. The molecule has 0 amide bonds. The van der Waals surface area contributed by atoms with E-state index in [-0.39, 0.29) is 26.8 Å². The molecule has 5 nitrogen and oxygen atoms in total. The van der Waals surface area contributed by atoms with E-state index in [4.69, 9.17) is 0 Å². The molecule has 1 atom stereocenters. The Labute approximate surface area is 229 Å². The molecule has 0 aliphatic carbocycles. The molecule has 7 aromatic rings. The maximum atomic E-state index is 13.7. The maximum Gasteiger partial charge on any atom is 0.149 e. The Balaban J connectivity index is 0.00000252. The molecule has 0 saturated carbocycles. The normalized spacial score (nSPS) is 12.2. The number of rotatable bonds is 3. The Kier molecular flexibility index (Phi) is 5.86. The topological polar surface area (TPSA) is 68.0 Å². The largest absolute Gasteiger partial charge is 0.505 e. The summed E-state index contributed by atoms with van der Waals surface area (Å²) < 4.78 is 15.7. The number of pyridine rings is 2. The summed E-state index contributed by atoms with van der Waals surface area (Å²) >= 11 is 0. The van der Waals surface area contributed by atoms with Crippen LogP contribution in [-0.2, 0) is 31.9 Å². The molecule has 1 unspecified atom stereocenters. The third kappa shape index (κ3) is 3.76. The van der Waals surface area contributed by atoms with Crippen LogP contribution >= 0.6 is 0 Å². The molecule has 3 heterocycles. The monoisotopic (exact) mass is 679 g/mol. The van der Waals surface area contributed by atoms with E-state index >= 15 is 0 Å². The summed E-state index contributed by atoms with van der Waals surface area (Å²) in [7, 11) is -1.60. The molecular formula is C30H18N3O2PtS-. The first kappa shape index (κ1) is 23.5. The van der Waals surface area contributed by atoms with Crippen molar-refractivity contribution in [1.82, 2.24) is 14.5 Å². The van der Waals surface area contributed by atoms with Crippen molar-refractivity contribution >= 4 is 54.3 Å². The van der Waals surface area contributed by atoms with Crippen molar-refractivity contribution in [3.05, 3.63) is 109 Å². The van der Waals surface area contributed by atoms with Crippen molar-refractivity contribution in [2.45, 2.75) is 9.92 Å². The molecule has 0 spiro atoms. The van der Waals surface area contributed by atoms with Gasteiger partial charge in [0.25, 0.3) is 0 Å². The molecule has 7 heteroatoms. The fourth-order valence-electron chi connectivity index (χ4n) is 4.81. The standard InChI is InChI=1S/C30H18N3O2S.Pt/c34-30-22-8-2-1-7-19(22)17-20-12-15-28(32-29(20)30)36(35)21-13-14-24-23-9-3-4-10-25(23)33(26(24)18-21)27-11-5-6-16-31-27;/h1-17,34H;/q-1;. The van der Waals surface area contributed by atoms with Crippen LogP contribution in [-0.4, -0.2) is 23.9 Å². The Morgan fingerprint density at radius 1 is 0.784 bits per heavy atom. The van der Waals surface area contributed by atoms with Gasteiger partial charge in [0.2, 0.25) is 0 Å². The Morgan fingerprint density at radius 2 is 1.57 bits per heavy atom. The van der Waals surface area contributed by atoms with Gasteiger partial charge in [-0.2, -0.15) is 12.1 Å². The molecule has 0 saturated heterocycles. The Hall–Kier alpha value is -3.86. The summed E-state index contributed by atoms with van der Waals surface area (Å²) in [6, 6.07) is 34.3. The molecule has 0 bridgehead atoms. The Bertz CT molecular complexity index is 1990. The van der Waals surface area contributed by atoms with E-state index in [2.05, 4.69) is 22.1 Å². The molecule has 1 N–H and O–H groups in total. The smallest absolute Gasteiger partial charge is 0.149 e. The second kappa shape index (κ2) is 9.22. The summed E-state index contributed by atoms with van der Waals surface area (Å²) in [5.41, 5.74) is 2.24. The average molecular weight is 680 g/mol. The molecule has 182 valence electrons. The van der Waals surface area contributed by atoms with Crippen molar-refractivity contribution in [3.8, 4) is 11.6 Å². The van der Waals surface area contributed by atoms with E-state index in [0.717, 1.165) is 38.4 Å². The van der Waals surface area contributed by atoms with Gasteiger partial charge in [-0.25, -0.2) is 14.2 Å². The van der Waals surface area contributed by atoms with E-state index < -0.39 is 10.8 Å². The van der Waals surface area contributed by atoms with Crippen LogP contribution in [0.3, 0.4) is 0 Å². The molecule has 0 aliphatic heterocycles. The van der Waals surface area contributed by atoms with Gasteiger partial charge in [0, 0.05) is 43.6 Å². The van der Waals surface area contributed by atoms with Gasteiger partial charge in [-0.15, -0.1) is 11.5 Å². The van der Waals surface area contributed by atoms with Crippen LogP contribution in [0.2, 0.25) is 0 Å². The van der Waals surface area contributed by atoms with Crippen molar-refractivity contribution in [3.63, 3.8) is 0 Å². The van der Waals surface area contributed by atoms with Crippen LogP contribution < -0.4 is 0 Å². The van der Waals surface area contributed by atoms with Crippen LogP contribution in [0.25, 0.3) is 49.3 Å². The number of nitrogens with zero attached hydrogens (tertiary/aromatic N) is 3. The molecule has 4 aromatic carbocycles. The first-order chi connectivity index (χ1) is 17.7. The molecule has 0 radical (unpaired) electrons. The van der Waals surface area contributed by atoms with Gasteiger partial charge < -0.3 is 9.67 Å². The van der Waals surface area contributed by atoms with Crippen LogP contribution in [0.5, 0.6) is 5.75 Å². The summed E-state index contributed by atoms with van der Waals surface area (Å²) in [5.74, 6) is 0.861. The van der Waals surface area contributed by atoms with Gasteiger partial charge in [-0.3, -0.25) is 0 Å². The number of benzene rings is 4. The van der Waals surface area contributed by atoms with Crippen LogP contribution in [0, 0.1) is 6.07 Å². The number of para-hydroxylation sites is 1. The van der Waals surface area contributed by atoms with Gasteiger partial charge in [0.1, 0.15) is 22.1 Å². The summed E-state index contributed by atoms with van der Waals surface area (Å²) in [6.45, 7) is 0. The zero-order valence-electron chi connectivity index (χ0n) is 19.2. The summed E-state index contributed by atoms with van der Waals surface area (Å²) in [4.78, 5) is 9.67. The predicted molar refractivity (Wildman–Crippen MR) is 143 cm³/mol.